The third kappa shape index (κ3) is 3.05. The maximum atomic E-state index is 4.91. The van der Waals surface area contributed by atoms with Gasteiger partial charge < -0.3 is 0 Å². The quantitative estimate of drug-likeness (QED) is 0.263. The summed E-state index contributed by atoms with van der Waals surface area (Å²) in [5.41, 5.74) is 9.09. The molecular formula is C27H27N4+. The maximum Gasteiger partial charge on any atom is 0.369 e. The fourth-order valence-electron chi connectivity index (χ4n) is 4.60. The minimum atomic E-state index is 0.0226. The lowest BCUT2D eigenvalue weighted by molar-refractivity contribution is -0.636. The lowest BCUT2D eigenvalue weighted by atomic mass is 9.80. The number of benzene rings is 3. The molecule has 2 aromatic heterocycles. The summed E-state index contributed by atoms with van der Waals surface area (Å²) in [6.07, 6.45) is 0. The molecule has 154 valence electrons. The van der Waals surface area contributed by atoms with Crippen LogP contribution < -0.4 is 4.57 Å². The van der Waals surface area contributed by atoms with E-state index in [1.54, 1.807) is 0 Å². The van der Waals surface area contributed by atoms with Gasteiger partial charge in [-0.1, -0.05) is 57.2 Å². The maximum absolute atomic E-state index is 4.91. The number of hydrogen-bond acceptors (Lipinski definition) is 3. The first kappa shape index (κ1) is 19.6. The van der Waals surface area contributed by atoms with Crippen molar-refractivity contribution < 1.29 is 4.57 Å². The van der Waals surface area contributed by atoms with Gasteiger partial charge in [-0.2, -0.15) is 0 Å². The van der Waals surface area contributed by atoms with Gasteiger partial charge in [-0.05, 0) is 64.3 Å². The van der Waals surface area contributed by atoms with Gasteiger partial charge in [0.1, 0.15) is 5.52 Å². The lowest BCUT2D eigenvalue weighted by Gasteiger charge is -2.24. The lowest BCUT2D eigenvalue weighted by Crippen LogP contribution is -2.35. The van der Waals surface area contributed by atoms with Crippen molar-refractivity contribution in [3.63, 3.8) is 0 Å². The Labute approximate surface area is 182 Å². The van der Waals surface area contributed by atoms with Crippen LogP contribution in [0.2, 0.25) is 0 Å². The highest BCUT2D eigenvalue weighted by Crippen LogP contribution is 2.37. The van der Waals surface area contributed by atoms with Gasteiger partial charge in [0.25, 0.3) is 0 Å². The first-order chi connectivity index (χ1) is 14.8. The van der Waals surface area contributed by atoms with Crippen molar-refractivity contribution in [2.75, 3.05) is 0 Å². The van der Waals surface area contributed by atoms with Crippen LogP contribution in [0.3, 0.4) is 0 Å². The highest BCUT2D eigenvalue weighted by molar-refractivity contribution is 5.94. The van der Waals surface area contributed by atoms with E-state index in [-0.39, 0.29) is 5.41 Å². The summed E-state index contributed by atoms with van der Waals surface area (Å²) in [4.78, 5) is 14.6. The number of hydrogen-bond donors (Lipinski definition) is 0. The van der Waals surface area contributed by atoms with Crippen LogP contribution in [0, 0.1) is 13.8 Å². The molecule has 0 saturated carbocycles. The molecule has 0 bridgehead atoms. The molecule has 0 aliphatic heterocycles. The molecule has 0 aliphatic carbocycles. The minimum Gasteiger partial charge on any atom is -0.222 e. The summed E-state index contributed by atoms with van der Waals surface area (Å²) < 4.78 is 2.15. The Hall–Kier alpha value is -3.40. The molecule has 4 nitrogen and oxygen atoms in total. The van der Waals surface area contributed by atoms with Crippen LogP contribution in [-0.4, -0.2) is 15.0 Å². The van der Waals surface area contributed by atoms with Gasteiger partial charge >= 0.3 is 5.65 Å². The number of aromatic nitrogens is 4. The largest absolute Gasteiger partial charge is 0.369 e. The highest BCUT2D eigenvalue weighted by Gasteiger charge is 2.25. The summed E-state index contributed by atoms with van der Waals surface area (Å²) in [6, 6.07) is 19.0. The van der Waals surface area contributed by atoms with E-state index in [1.165, 1.54) is 27.5 Å². The second-order valence-corrected chi connectivity index (χ2v) is 9.36. The zero-order chi connectivity index (χ0) is 21.9. The van der Waals surface area contributed by atoms with Gasteiger partial charge in [-0.15, -0.1) is 0 Å². The van der Waals surface area contributed by atoms with Crippen LogP contribution in [0.1, 0.15) is 37.6 Å². The Kier molecular flexibility index (Phi) is 4.30. The average molecular weight is 408 g/mol. The summed E-state index contributed by atoms with van der Waals surface area (Å²) >= 11 is 0. The Bertz CT molecular complexity index is 1490. The molecule has 0 aliphatic rings. The van der Waals surface area contributed by atoms with Gasteiger partial charge in [0, 0.05) is 5.56 Å². The van der Waals surface area contributed by atoms with Crippen molar-refractivity contribution in [2.24, 2.45) is 7.05 Å². The standard InChI is InChI=1S/C27H27N4/c1-16-18-11-7-8-12-19(18)21(27(3,4)5)15-20(16)24-17(2)28-25-26(31(24)6)30-23-14-10-9-13-22(23)29-25/h7-15H,1-6H3/q+1. The molecule has 0 amide bonds. The fraction of sp³-hybridized carbons (Fsp3) is 0.259. The fourth-order valence-corrected chi connectivity index (χ4v) is 4.60. The molecule has 0 saturated heterocycles. The molecule has 0 spiro atoms. The Morgan fingerprint density at radius 2 is 1.39 bits per heavy atom. The summed E-state index contributed by atoms with van der Waals surface area (Å²) in [7, 11) is 2.07. The van der Waals surface area contributed by atoms with E-state index >= 15 is 0 Å². The summed E-state index contributed by atoms with van der Waals surface area (Å²) in [5, 5.41) is 2.60. The summed E-state index contributed by atoms with van der Waals surface area (Å²) in [6.45, 7) is 11.1. The molecule has 0 fully saturated rings. The first-order valence-corrected chi connectivity index (χ1v) is 10.7. The first-order valence-electron chi connectivity index (χ1n) is 10.7. The molecule has 2 heterocycles. The highest BCUT2D eigenvalue weighted by atomic mass is 15.1. The zero-order valence-corrected chi connectivity index (χ0v) is 19.0. The van der Waals surface area contributed by atoms with Crippen molar-refractivity contribution in [3.05, 3.63) is 71.4 Å². The van der Waals surface area contributed by atoms with E-state index in [4.69, 9.17) is 15.0 Å². The SMILES string of the molecule is Cc1nc2nc3ccccc3nc2[n+](C)c1-c1cc(C(C)(C)C)c2ccccc2c1C. The van der Waals surface area contributed by atoms with Crippen LogP contribution in [0.15, 0.2) is 54.6 Å². The van der Waals surface area contributed by atoms with Crippen molar-refractivity contribution in [3.8, 4) is 11.3 Å². The zero-order valence-electron chi connectivity index (χ0n) is 19.0. The molecule has 0 N–H and O–H groups in total. The molecule has 0 atom stereocenters. The van der Waals surface area contributed by atoms with Gasteiger partial charge in [-0.25, -0.2) is 14.5 Å². The normalized spacial score (nSPS) is 12.2. The Morgan fingerprint density at radius 1 is 0.774 bits per heavy atom. The van der Waals surface area contributed by atoms with Gasteiger partial charge in [0.2, 0.25) is 11.2 Å². The van der Waals surface area contributed by atoms with Crippen LogP contribution in [0.25, 0.3) is 44.4 Å². The van der Waals surface area contributed by atoms with E-state index < -0.39 is 0 Å². The van der Waals surface area contributed by atoms with Crippen molar-refractivity contribution in [2.45, 2.75) is 40.0 Å². The molecule has 5 aromatic rings. The van der Waals surface area contributed by atoms with Gasteiger partial charge in [0.15, 0.2) is 5.69 Å². The second kappa shape index (κ2) is 6.81. The topological polar surface area (TPSA) is 42.6 Å². The molecular weight excluding hydrogens is 380 g/mol. The smallest absolute Gasteiger partial charge is 0.222 e. The Morgan fingerprint density at radius 3 is 2.06 bits per heavy atom. The second-order valence-electron chi connectivity index (χ2n) is 9.36. The molecule has 4 heteroatoms. The average Bonchev–Trinajstić information content (AvgIpc) is 2.73. The third-order valence-electron chi connectivity index (χ3n) is 6.18. The van der Waals surface area contributed by atoms with Crippen LogP contribution >= 0.6 is 0 Å². The third-order valence-corrected chi connectivity index (χ3v) is 6.18. The van der Waals surface area contributed by atoms with E-state index in [0.29, 0.717) is 5.65 Å². The van der Waals surface area contributed by atoms with E-state index in [1.807, 2.05) is 24.3 Å². The molecule has 3 aromatic carbocycles. The van der Waals surface area contributed by atoms with Crippen LogP contribution in [0.5, 0.6) is 0 Å². The molecule has 0 radical (unpaired) electrons. The number of rotatable bonds is 1. The van der Waals surface area contributed by atoms with Crippen molar-refractivity contribution >= 4 is 33.1 Å². The predicted octanol–water partition coefficient (Wildman–Crippen LogP) is 5.74. The predicted molar refractivity (Wildman–Crippen MR) is 127 cm³/mol. The van der Waals surface area contributed by atoms with Crippen molar-refractivity contribution in [1.29, 1.82) is 0 Å². The van der Waals surface area contributed by atoms with Crippen LogP contribution in [-0.2, 0) is 12.5 Å². The van der Waals surface area contributed by atoms with Crippen molar-refractivity contribution in [1.82, 2.24) is 15.0 Å². The molecule has 5 rings (SSSR count). The number of nitrogens with zero attached hydrogens (tertiary/aromatic N) is 4. The Balaban J connectivity index is 1.89. The van der Waals surface area contributed by atoms with E-state index in [9.17, 15) is 0 Å². The molecule has 0 unspecified atom stereocenters. The van der Waals surface area contributed by atoms with Crippen LogP contribution in [0.4, 0.5) is 0 Å². The number of aryl methyl sites for hydroxylation is 3. The monoisotopic (exact) mass is 407 g/mol. The van der Waals surface area contributed by atoms with E-state index in [0.717, 1.165) is 28.1 Å². The number of para-hydroxylation sites is 2. The van der Waals surface area contributed by atoms with Gasteiger partial charge in [-0.3, -0.25) is 0 Å². The van der Waals surface area contributed by atoms with E-state index in [2.05, 4.69) is 76.6 Å². The summed E-state index contributed by atoms with van der Waals surface area (Å²) in [5.74, 6) is 0. The minimum absolute atomic E-state index is 0.0226. The molecule has 31 heavy (non-hydrogen) atoms. The van der Waals surface area contributed by atoms with Gasteiger partial charge in [0.05, 0.1) is 12.7 Å². The number of fused-ring (bicyclic) bond motifs is 3.